The number of aromatic nitrogens is 2. The monoisotopic (exact) mass is 390 g/mol. The lowest BCUT2D eigenvalue weighted by atomic mass is 10.1. The molecule has 150 valence electrons. The van der Waals surface area contributed by atoms with E-state index in [-0.39, 0.29) is 5.91 Å². The number of aryl methyl sites for hydroxylation is 2. The molecule has 0 unspecified atom stereocenters. The van der Waals surface area contributed by atoms with Crippen LogP contribution < -0.4 is 9.64 Å². The van der Waals surface area contributed by atoms with Gasteiger partial charge < -0.3 is 14.5 Å². The maximum absolute atomic E-state index is 13.1. The van der Waals surface area contributed by atoms with Gasteiger partial charge in [0.05, 0.1) is 12.8 Å². The Kier molecular flexibility index (Phi) is 5.25. The Morgan fingerprint density at radius 1 is 1.00 bits per heavy atom. The van der Waals surface area contributed by atoms with Crippen molar-refractivity contribution >= 4 is 11.6 Å². The summed E-state index contributed by atoms with van der Waals surface area (Å²) in [5.41, 5.74) is 4.78. The fourth-order valence-electron chi connectivity index (χ4n) is 3.75. The van der Waals surface area contributed by atoms with Gasteiger partial charge in [-0.15, -0.1) is 0 Å². The molecule has 1 aromatic heterocycles. The van der Waals surface area contributed by atoms with E-state index in [1.807, 2.05) is 42.3 Å². The summed E-state index contributed by atoms with van der Waals surface area (Å²) in [6.07, 6.45) is 0. The van der Waals surface area contributed by atoms with Gasteiger partial charge in [0.15, 0.2) is 0 Å². The van der Waals surface area contributed by atoms with Crippen molar-refractivity contribution in [1.29, 1.82) is 0 Å². The second-order valence-electron chi connectivity index (χ2n) is 7.39. The summed E-state index contributed by atoms with van der Waals surface area (Å²) >= 11 is 0. The summed E-state index contributed by atoms with van der Waals surface area (Å²) in [7, 11) is 3.46. The average Bonchev–Trinajstić information content (AvgIpc) is 3.15. The number of nitrogens with zero attached hydrogens (tertiary/aromatic N) is 4. The van der Waals surface area contributed by atoms with E-state index in [1.165, 1.54) is 11.3 Å². The van der Waals surface area contributed by atoms with Gasteiger partial charge >= 0.3 is 0 Å². The predicted molar refractivity (Wildman–Crippen MR) is 114 cm³/mol. The number of piperazine rings is 1. The van der Waals surface area contributed by atoms with Gasteiger partial charge in [0, 0.05) is 44.5 Å². The minimum Gasteiger partial charge on any atom is -0.497 e. The van der Waals surface area contributed by atoms with Gasteiger partial charge in [-0.2, -0.15) is 5.10 Å². The summed E-state index contributed by atoms with van der Waals surface area (Å²) in [6, 6.07) is 18.1. The summed E-state index contributed by atoms with van der Waals surface area (Å²) in [6.45, 7) is 5.16. The topological polar surface area (TPSA) is 50.6 Å². The highest BCUT2D eigenvalue weighted by Crippen LogP contribution is 2.24. The zero-order chi connectivity index (χ0) is 20.4. The summed E-state index contributed by atoms with van der Waals surface area (Å²) < 4.78 is 6.97. The van der Waals surface area contributed by atoms with Crippen molar-refractivity contribution in [1.82, 2.24) is 14.7 Å². The van der Waals surface area contributed by atoms with Crippen molar-refractivity contribution in [3.05, 3.63) is 65.9 Å². The van der Waals surface area contributed by atoms with Crippen LogP contribution in [0.1, 0.15) is 16.1 Å². The molecule has 2 aromatic carbocycles. The van der Waals surface area contributed by atoms with Gasteiger partial charge in [-0.1, -0.05) is 24.3 Å². The smallest absolute Gasteiger partial charge is 0.272 e. The van der Waals surface area contributed by atoms with Gasteiger partial charge in [0.1, 0.15) is 11.4 Å². The van der Waals surface area contributed by atoms with Crippen LogP contribution in [-0.2, 0) is 7.05 Å². The third-order valence-electron chi connectivity index (χ3n) is 5.40. The third kappa shape index (κ3) is 3.97. The molecule has 0 saturated carbocycles. The van der Waals surface area contributed by atoms with Crippen LogP contribution in [0.5, 0.6) is 5.75 Å². The van der Waals surface area contributed by atoms with Crippen molar-refractivity contribution in [3.8, 4) is 17.0 Å². The molecule has 1 fully saturated rings. The Labute approximate surface area is 171 Å². The molecule has 1 aliphatic rings. The molecule has 6 heteroatoms. The van der Waals surface area contributed by atoms with Crippen LogP contribution in [0.4, 0.5) is 5.69 Å². The van der Waals surface area contributed by atoms with Crippen LogP contribution in [0.2, 0.25) is 0 Å². The standard InChI is InChI=1S/C23H26N4O2/c1-17-6-4-8-19(14-17)26-10-12-27(13-11-26)23(28)22-16-21(24-25(22)2)18-7-5-9-20(15-18)29-3/h4-9,14-16H,10-13H2,1-3H3. The van der Waals surface area contributed by atoms with E-state index in [9.17, 15) is 4.79 Å². The SMILES string of the molecule is COc1cccc(-c2cc(C(=O)N3CCN(c4cccc(C)c4)CC3)n(C)n2)c1. The number of hydrogen-bond donors (Lipinski definition) is 0. The maximum atomic E-state index is 13.1. The minimum atomic E-state index is 0.0260. The van der Waals surface area contributed by atoms with Gasteiger partial charge in [0.2, 0.25) is 0 Å². The van der Waals surface area contributed by atoms with E-state index in [2.05, 4.69) is 41.2 Å². The summed E-state index contributed by atoms with van der Waals surface area (Å²) in [4.78, 5) is 17.4. The number of amides is 1. The lowest BCUT2D eigenvalue weighted by molar-refractivity contribution is 0.0735. The average molecular weight is 390 g/mol. The second-order valence-corrected chi connectivity index (χ2v) is 7.39. The maximum Gasteiger partial charge on any atom is 0.272 e. The highest BCUT2D eigenvalue weighted by Gasteiger charge is 2.25. The number of methoxy groups -OCH3 is 1. The van der Waals surface area contributed by atoms with E-state index < -0.39 is 0 Å². The predicted octanol–water partition coefficient (Wildman–Crippen LogP) is 3.37. The molecule has 1 saturated heterocycles. The van der Waals surface area contributed by atoms with Crippen LogP contribution >= 0.6 is 0 Å². The molecule has 29 heavy (non-hydrogen) atoms. The van der Waals surface area contributed by atoms with E-state index in [0.29, 0.717) is 18.8 Å². The van der Waals surface area contributed by atoms with Crippen molar-refractivity contribution in [3.63, 3.8) is 0 Å². The fraction of sp³-hybridized carbons (Fsp3) is 0.304. The largest absolute Gasteiger partial charge is 0.497 e. The normalized spacial score (nSPS) is 14.2. The van der Waals surface area contributed by atoms with Crippen molar-refractivity contribution in [2.75, 3.05) is 38.2 Å². The quantitative estimate of drug-likeness (QED) is 0.685. The van der Waals surface area contributed by atoms with Crippen molar-refractivity contribution in [2.24, 2.45) is 7.05 Å². The molecule has 1 amide bonds. The number of rotatable bonds is 4. The van der Waals surface area contributed by atoms with E-state index in [0.717, 1.165) is 30.1 Å². The Hall–Kier alpha value is -3.28. The Bertz CT molecular complexity index is 1020. The number of carbonyl (C=O) groups excluding carboxylic acids is 1. The number of ether oxygens (including phenoxy) is 1. The van der Waals surface area contributed by atoms with Crippen LogP contribution in [-0.4, -0.2) is 53.9 Å². The number of carbonyl (C=O) groups is 1. The summed E-state index contributed by atoms with van der Waals surface area (Å²) in [5.74, 6) is 0.798. The Balaban J connectivity index is 1.47. The first-order valence-electron chi connectivity index (χ1n) is 9.84. The first kappa shape index (κ1) is 19.1. The molecule has 0 bridgehead atoms. The van der Waals surface area contributed by atoms with Gasteiger partial charge in [-0.25, -0.2) is 0 Å². The van der Waals surface area contributed by atoms with Gasteiger partial charge in [0.25, 0.3) is 5.91 Å². The second kappa shape index (κ2) is 7.99. The molecular weight excluding hydrogens is 364 g/mol. The molecule has 3 aromatic rings. The third-order valence-corrected chi connectivity index (χ3v) is 5.40. The molecule has 4 rings (SSSR count). The van der Waals surface area contributed by atoms with Crippen LogP contribution in [0, 0.1) is 6.92 Å². The van der Waals surface area contributed by atoms with E-state index in [4.69, 9.17) is 4.74 Å². The zero-order valence-electron chi connectivity index (χ0n) is 17.1. The van der Waals surface area contributed by atoms with Crippen molar-refractivity contribution in [2.45, 2.75) is 6.92 Å². The molecule has 1 aliphatic heterocycles. The molecular formula is C23H26N4O2. The van der Waals surface area contributed by atoms with E-state index in [1.54, 1.807) is 11.8 Å². The number of anilines is 1. The molecule has 0 spiro atoms. The molecule has 6 nitrogen and oxygen atoms in total. The van der Waals surface area contributed by atoms with Crippen molar-refractivity contribution < 1.29 is 9.53 Å². The van der Waals surface area contributed by atoms with Gasteiger partial charge in [-0.05, 0) is 42.8 Å². The van der Waals surface area contributed by atoms with Crippen LogP contribution in [0.3, 0.4) is 0 Å². The molecule has 2 heterocycles. The fourth-order valence-corrected chi connectivity index (χ4v) is 3.75. The Morgan fingerprint density at radius 2 is 1.76 bits per heavy atom. The van der Waals surface area contributed by atoms with Gasteiger partial charge in [-0.3, -0.25) is 9.48 Å². The van der Waals surface area contributed by atoms with Crippen LogP contribution in [0.25, 0.3) is 11.3 Å². The first-order valence-corrected chi connectivity index (χ1v) is 9.84. The number of benzene rings is 2. The molecule has 0 atom stereocenters. The van der Waals surface area contributed by atoms with E-state index >= 15 is 0 Å². The Morgan fingerprint density at radius 3 is 2.48 bits per heavy atom. The van der Waals surface area contributed by atoms with Crippen LogP contribution in [0.15, 0.2) is 54.6 Å². The minimum absolute atomic E-state index is 0.0260. The molecule has 0 N–H and O–H groups in total. The zero-order valence-corrected chi connectivity index (χ0v) is 17.1. The first-order chi connectivity index (χ1) is 14.0. The lowest BCUT2D eigenvalue weighted by Gasteiger charge is -2.36. The highest BCUT2D eigenvalue weighted by atomic mass is 16.5. The number of hydrogen-bond acceptors (Lipinski definition) is 4. The summed E-state index contributed by atoms with van der Waals surface area (Å²) in [5, 5.41) is 4.55. The lowest BCUT2D eigenvalue weighted by Crippen LogP contribution is -2.49. The molecule has 0 aliphatic carbocycles. The highest BCUT2D eigenvalue weighted by molar-refractivity contribution is 5.94. The molecule has 0 radical (unpaired) electrons.